The topological polar surface area (TPSA) is 12.4 Å². The number of halogens is 3. The average Bonchev–Trinajstić information content (AvgIpc) is 2.27. The Morgan fingerprint density at radius 1 is 1.11 bits per heavy atom. The quantitative estimate of drug-likeness (QED) is 0.702. The minimum absolute atomic E-state index is 0.140. The SMILES string of the molecule is CC(C)(C)CN=C(/C=C/c1ccccc1)C(F)(F)F. The molecule has 19 heavy (non-hydrogen) atoms. The fourth-order valence-electron chi connectivity index (χ4n) is 1.30. The van der Waals surface area contributed by atoms with Crippen molar-refractivity contribution in [3.63, 3.8) is 0 Å². The van der Waals surface area contributed by atoms with Crippen molar-refractivity contribution in [1.29, 1.82) is 0 Å². The highest BCUT2D eigenvalue weighted by molar-refractivity contribution is 6.02. The van der Waals surface area contributed by atoms with E-state index in [0.29, 0.717) is 0 Å². The van der Waals surface area contributed by atoms with Gasteiger partial charge in [-0.2, -0.15) is 13.2 Å². The first-order valence-corrected chi connectivity index (χ1v) is 6.03. The molecule has 0 aliphatic rings. The monoisotopic (exact) mass is 269 g/mol. The lowest BCUT2D eigenvalue weighted by atomic mass is 9.97. The zero-order valence-corrected chi connectivity index (χ0v) is 11.3. The van der Waals surface area contributed by atoms with E-state index in [9.17, 15) is 13.2 Å². The number of hydrogen-bond acceptors (Lipinski definition) is 1. The van der Waals surface area contributed by atoms with Crippen molar-refractivity contribution in [2.75, 3.05) is 6.54 Å². The minimum Gasteiger partial charge on any atom is -0.280 e. The summed E-state index contributed by atoms with van der Waals surface area (Å²) in [6.45, 7) is 5.70. The first-order valence-electron chi connectivity index (χ1n) is 6.03. The highest BCUT2D eigenvalue weighted by atomic mass is 19.4. The molecule has 0 amide bonds. The Hall–Kier alpha value is -1.58. The second-order valence-electron chi connectivity index (χ2n) is 5.50. The summed E-state index contributed by atoms with van der Waals surface area (Å²) in [6.07, 6.45) is -1.97. The molecule has 104 valence electrons. The first-order chi connectivity index (χ1) is 8.68. The van der Waals surface area contributed by atoms with Crippen LogP contribution in [0.5, 0.6) is 0 Å². The largest absolute Gasteiger partial charge is 0.432 e. The Labute approximate surface area is 111 Å². The third-order valence-corrected chi connectivity index (χ3v) is 2.25. The summed E-state index contributed by atoms with van der Waals surface area (Å²) < 4.78 is 38.4. The molecule has 1 nitrogen and oxygen atoms in total. The fraction of sp³-hybridized carbons (Fsp3) is 0.400. The van der Waals surface area contributed by atoms with Crippen molar-refractivity contribution < 1.29 is 13.2 Å². The molecule has 1 aromatic rings. The molecule has 0 spiro atoms. The molecule has 0 saturated carbocycles. The summed E-state index contributed by atoms with van der Waals surface area (Å²) in [5, 5.41) is 0. The average molecular weight is 269 g/mol. The van der Waals surface area contributed by atoms with Crippen LogP contribution in [0.15, 0.2) is 41.4 Å². The zero-order chi connectivity index (χ0) is 14.5. The van der Waals surface area contributed by atoms with Gasteiger partial charge in [-0.1, -0.05) is 57.2 Å². The number of alkyl halides is 3. The summed E-state index contributed by atoms with van der Waals surface area (Å²) >= 11 is 0. The summed E-state index contributed by atoms with van der Waals surface area (Å²) in [6, 6.07) is 8.86. The van der Waals surface area contributed by atoms with Gasteiger partial charge in [0.1, 0.15) is 5.71 Å². The maximum Gasteiger partial charge on any atom is 0.432 e. The Balaban J connectivity index is 2.91. The number of hydrogen-bond donors (Lipinski definition) is 0. The molecule has 4 heteroatoms. The van der Waals surface area contributed by atoms with Gasteiger partial charge in [-0.3, -0.25) is 4.99 Å². The number of allylic oxidation sites excluding steroid dienone is 1. The maximum atomic E-state index is 12.8. The summed E-state index contributed by atoms with van der Waals surface area (Å²) in [5.74, 6) is 0. The van der Waals surface area contributed by atoms with Crippen molar-refractivity contribution in [2.24, 2.45) is 10.4 Å². The van der Waals surface area contributed by atoms with Crippen LogP contribution in [-0.4, -0.2) is 18.4 Å². The van der Waals surface area contributed by atoms with E-state index in [0.717, 1.165) is 11.6 Å². The van der Waals surface area contributed by atoms with Crippen LogP contribution in [0, 0.1) is 5.41 Å². The smallest absolute Gasteiger partial charge is 0.280 e. The number of nitrogens with zero attached hydrogens (tertiary/aromatic N) is 1. The summed E-state index contributed by atoms with van der Waals surface area (Å²) in [7, 11) is 0. The van der Waals surface area contributed by atoms with Crippen LogP contribution in [-0.2, 0) is 0 Å². The normalized spacial score (nSPS) is 14.1. The zero-order valence-electron chi connectivity index (χ0n) is 11.3. The van der Waals surface area contributed by atoms with Gasteiger partial charge >= 0.3 is 6.18 Å². The number of aliphatic imine (C=N–C) groups is 1. The van der Waals surface area contributed by atoms with E-state index >= 15 is 0 Å². The molecule has 0 N–H and O–H groups in total. The van der Waals surface area contributed by atoms with Crippen LogP contribution < -0.4 is 0 Å². The molecule has 0 fully saturated rings. The second-order valence-corrected chi connectivity index (χ2v) is 5.50. The van der Waals surface area contributed by atoms with Gasteiger partial charge in [0.25, 0.3) is 0 Å². The van der Waals surface area contributed by atoms with Gasteiger partial charge in [-0.05, 0) is 17.1 Å². The highest BCUT2D eigenvalue weighted by Crippen LogP contribution is 2.21. The van der Waals surface area contributed by atoms with E-state index in [4.69, 9.17) is 0 Å². The highest BCUT2D eigenvalue weighted by Gasteiger charge is 2.33. The van der Waals surface area contributed by atoms with E-state index < -0.39 is 11.9 Å². The maximum absolute atomic E-state index is 12.8. The van der Waals surface area contributed by atoms with Gasteiger partial charge in [0.15, 0.2) is 0 Å². The lowest BCUT2D eigenvalue weighted by Crippen LogP contribution is -2.23. The Morgan fingerprint density at radius 2 is 1.68 bits per heavy atom. The third-order valence-electron chi connectivity index (χ3n) is 2.25. The van der Waals surface area contributed by atoms with E-state index in [1.165, 1.54) is 6.08 Å². The van der Waals surface area contributed by atoms with E-state index in [2.05, 4.69) is 4.99 Å². The van der Waals surface area contributed by atoms with Gasteiger partial charge in [0, 0.05) is 6.54 Å². The Bertz CT molecular complexity index is 451. The molecule has 1 aromatic carbocycles. The Morgan fingerprint density at radius 3 is 2.16 bits per heavy atom. The van der Waals surface area contributed by atoms with Crippen molar-refractivity contribution in [3.8, 4) is 0 Å². The molecule has 0 heterocycles. The van der Waals surface area contributed by atoms with Gasteiger partial charge in [-0.25, -0.2) is 0 Å². The van der Waals surface area contributed by atoms with Gasteiger partial charge in [-0.15, -0.1) is 0 Å². The standard InChI is InChI=1S/C15H18F3N/c1-14(2,3)11-19-13(15(16,17)18)10-9-12-7-5-4-6-8-12/h4-10H,11H2,1-3H3/b10-9+,19-13?. The third kappa shape index (κ3) is 6.22. The van der Waals surface area contributed by atoms with Crippen LogP contribution >= 0.6 is 0 Å². The van der Waals surface area contributed by atoms with Crippen molar-refractivity contribution in [3.05, 3.63) is 42.0 Å². The molecule has 0 bridgehead atoms. The first kappa shape index (κ1) is 15.5. The van der Waals surface area contributed by atoms with Gasteiger partial charge in [0.2, 0.25) is 0 Å². The van der Waals surface area contributed by atoms with Crippen molar-refractivity contribution >= 4 is 11.8 Å². The van der Waals surface area contributed by atoms with Crippen LogP contribution in [0.2, 0.25) is 0 Å². The van der Waals surface area contributed by atoms with Crippen molar-refractivity contribution in [1.82, 2.24) is 0 Å². The summed E-state index contributed by atoms with van der Waals surface area (Å²) in [5.41, 5.74) is -0.390. The minimum atomic E-state index is -4.42. The number of benzene rings is 1. The predicted octanol–water partition coefficient (Wildman–Crippen LogP) is 4.75. The van der Waals surface area contributed by atoms with Gasteiger partial charge < -0.3 is 0 Å². The van der Waals surface area contributed by atoms with Crippen LogP contribution in [0.4, 0.5) is 13.2 Å². The van der Waals surface area contributed by atoms with E-state index in [1.807, 2.05) is 26.8 Å². The second kappa shape index (κ2) is 6.04. The molecular formula is C15H18F3N. The molecule has 0 aliphatic carbocycles. The molecule has 0 unspecified atom stereocenters. The molecule has 0 aromatic heterocycles. The van der Waals surface area contributed by atoms with Crippen LogP contribution in [0.3, 0.4) is 0 Å². The summed E-state index contributed by atoms with van der Waals surface area (Å²) in [4.78, 5) is 3.69. The van der Waals surface area contributed by atoms with Gasteiger partial charge in [0.05, 0.1) is 0 Å². The van der Waals surface area contributed by atoms with Crippen LogP contribution in [0.1, 0.15) is 26.3 Å². The Kier molecular flexibility index (Phi) is 4.92. The molecule has 1 rings (SSSR count). The number of rotatable bonds is 3. The van der Waals surface area contributed by atoms with E-state index in [-0.39, 0.29) is 12.0 Å². The molecule has 0 atom stereocenters. The van der Waals surface area contributed by atoms with E-state index in [1.54, 1.807) is 24.3 Å². The van der Waals surface area contributed by atoms with Crippen molar-refractivity contribution in [2.45, 2.75) is 26.9 Å². The van der Waals surface area contributed by atoms with Crippen LogP contribution in [0.25, 0.3) is 6.08 Å². The predicted molar refractivity (Wildman–Crippen MR) is 73.3 cm³/mol. The molecule has 0 saturated heterocycles. The fourth-order valence-corrected chi connectivity index (χ4v) is 1.30. The lowest BCUT2D eigenvalue weighted by Gasteiger charge is -2.16. The molecular weight excluding hydrogens is 251 g/mol. The molecule has 0 aliphatic heterocycles. The molecule has 0 radical (unpaired) electrons. The lowest BCUT2D eigenvalue weighted by molar-refractivity contribution is -0.0579.